The molecular formula is C14H21N5O2. The van der Waals surface area contributed by atoms with Crippen molar-refractivity contribution in [1.82, 2.24) is 20.5 Å². The third kappa shape index (κ3) is 4.16. The number of nitrogens with two attached hydrogens (primary N) is 1. The van der Waals surface area contributed by atoms with Crippen molar-refractivity contribution in [3.8, 4) is 0 Å². The van der Waals surface area contributed by atoms with Crippen LogP contribution in [0, 0.1) is 0 Å². The maximum absolute atomic E-state index is 12.1. The van der Waals surface area contributed by atoms with Crippen molar-refractivity contribution in [3.63, 3.8) is 0 Å². The number of hydrogen-bond donors (Lipinski definition) is 3. The highest BCUT2D eigenvalue weighted by Gasteiger charge is 2.23. The third-order valence-corrected chi connectivity index (χ3v) is 3.62. The molecule has 2 rings (SSSR count). The highest BCUT2D eigenvalue weighted by atomic mass is 16.2. The summed E-state index contributed by atoms with van der Waals surface area (Å²) in [7, 11) is 1.63. The van der Waals surface area contributed by atoms with Crippen LogP contribution in [0.1, 0.15) is 23.3 Å². The van der Waals surface area contributed by atoms with E-state index in [0.29, 0.717) is 12.2 Å². The predicted octanol–water partition coefficient (Wildman–Crippen LogP) is -0.396. The van der Waals surface area contributed by atoms with E-state index in [0.717, 1.165) is 25.9 Å². The second-order valence-corrected chi connectivity index (χ2v) is 5.14. The Morgan fingerprint density at radius 3 is 2.76 bits per heavy atom. The van der Waals surface area contributed by atoms with Gasteiger partial charge in [0.05, 0.1) is 12.2 Å². The number of pyridine rings is 1. The number of likely N-dealkylation sites (N-methyl/N-ethyl adjacent to an activating group) is 1. The number of aromatic nitrogens is 1. The van der Waals surface area contributed by atoms with Crippen molar-refractivity contribution >= 4 is 17.5 Å². The van der Waals surface area contributed by atoms with E-state index in [4.69, 9.17) is 5.73 Å². The van der Waals surface area contributed by atoms with Crippen LogP contribution in [-0.2, 0) is 4.79 Å². The lowest BCUT2D eigenvalue weighted by Crippen LogP contribution is -2.47. The Morgan fingerprint density at radius 1 is 1.43 bits per heavy atom. The van der Waals surface area contributed by atoms with Crippen molar-refractivity contribution in [2.75, 3.05) is 32.4 Å². The Morgan fingerprint density at radius 2 is 2.14 bits per heavy atom. The zero-order valence-corrected chi connectivity index (χ0v) is 12.1. The number of amides is 2. The number of nitrogens with one attached hydrogen (secondary N) is 2. The Hall–Kier alpha value is -2.15. The summed E-state index contributed by atoms with van der Waals surface area (Å²) in [5.74, 6) is -0.225. The van der Waals surface area contributed by atoms with Crippen LogP contribution in [0.5, 0.6) is 0 Å². The number of nitrogens with zero attached hydrogens (tertiary/aromatic N) is 2. The fourth-order valence-electron chi connectivity index (χ4n) is 2.38. The Kier molecular flexibility index (Phi) is 5.10. The number of likely N-dealkylation sites (tertiary alicyclic amines) is 1. The molecule has 1 fully saturated rings. The number of hydrogen-bond acceptors (Lipinski definition) is 5. The lowest BCUT2D eigenvalue weighted by Gasteiger charge is -2.31. The molecule has 114 valence electrons. The third-order valence-electron chi connectivity index (χ3n) is 3.62. The molecule has 0 aliphatic carbocycles. The summed E-state index contributed by atoms with van der Waals surface area (Å²) in [6, 6.07) is 3.46. The minimum Gasteiger partial charge on any atom is -0.397 e. The van der Waals surface area contributed by atoms with Gasteiger partial charge < -0.3 is 16.4 Å². The molecule has 1 aliphatic heterocycles. The summed E-state index contributed by atoms with van der Waals surface area (Å²) in [4.78, 5) is 29.5. The van der Waals surface area contributed by atoms with Crippen LogP contribution in [-0.4, -0.2) is 54.4 Å². The van der Waals surface area contributed by atoms with Gasteiger partial charge in [0.1, 0.15) is 0 Å². The van der Waals surface area contributed by atoms with Crippen LogP contribution in [0.4, 0.5) is 5.69 Å². The summed E-state index contributed by atoms with van der Waals surface area (Å²) >= 11 is 0. The maximum atomic E-state index is 12.1. The van der Waals surface area contributed by atoms with E-state index in [2.05, 4.69) is 20.5 Å². The van der Waals surface area contributed by atoms with Gasteiger partial charge in [-0.2, -0.15) is 0 Å². The highest BCUT2D eigenvalue weighted by molar-refractivity contribution is 5.97. The number of anilines is 1. The topological polar surface area (TPSA) is 100 Å². The van der Waals surface area contributed by atoms with E-state index >= 15 is 0 Å². The van der Waals surface area contributed by atoms with Crippen LogP contribution in [0.2, 0.25) is 0 Å². The fourth-order valence-corrected chi connectivity index (χ4v) is 2.38. The van der Waals surface area contributed by atoms with Gasteiger partial charge in [-0.1, -0.05) is 0 Å². The van der Waals surface area contributed by atoms with E-state index in [9.17, 15) is 9.59 Å². The van der Waals surface area contributed by atoms with Crippen molar-refractivity contribution in [3.05, 3.63) is 24.0 Å². The normalized spacial score (nSPS) is 16.4. The molecule has 0 spiro atoms. The Bertz CT molecular complexity index is 512. The van der Waals surface area contributed by atoms with E-state index in [1.807, 2.05) is 0 Å². The molecule has 0 bridgehead atoms. The number of rotatable bonds is 4. The van der Waals surface area contributed by atoms with Crippen molar-refractivity contribution in [2.45, 2.75) is 18.9 Å². The molecule has 1 aliphatic rings. The first-order valence-corrected chi connectivity index (χ1v) is 7.04. The average Bonchev–Trinajstić information content (AvgIpc) is 2.49. The van der Waals surface area contributed by atoms with Gasteiger partial charge in [0.2, 0.25) is 5.91 Å². The van der Waals surface area contributed by atoms with E-state index in [1.165, 1.54) is 0 Å². The summed E-state index contributed by atoms with van der Waals surface area (Å²) < 4.78 is 0. The first kappa shape index (κ1) is 15.2. The molecular weight excluding hydrogens is 270 g/mol. The number of carbonyl (C=O) groups is 2. The molecule has 0 unspecified atom stereocenters. The molecule has 0 atom stereocenters. The quantitative estimate of drug-likeness (QED) is 0.701. The second-order valence-electron chi connectivity index (χ2n) is 5.14. The van der Waals surface area contributed by atoms with Gasteiger partial charge in [0.15, 0.2) is 5.69 Å². The predicted molar refractivity (Wildman–Crippen MR) is 79.6 cm³/mol. The number of piperidine rings is 1. The SMILES string of the molecule is CNC(=O)CN1CCC(NC(=O)c2ncccc2N)CC1. The molecule has 2 heterocycles. The molecule has 7 heteroatoms. The van der Waals surface area contributed by atoms with Gasteiger partial charge in [-0.15, -0.1) is 0 Å². The van der Waals surface area contributed by atoms with Crippen LogP contribution < -0.4 is 16.4 Å². The van der Waals surface area contributed by atoms with Gasteiger partial charge in [0.25, 0.3) is 5.91 Å². The Balaban J connectivity index is 1.82. The minimum atomic E-state index is -0.238. The number of nitrogen functional groups attached to an aromatic ring is 1. The van der Waals surface area contributed by atoms with E-state index in [1.54, 1.807) is 25.4 Å². The lowest BCUT2D eigenvalue weighted by atomic mass is 10.0. The molecule has 2 amide bonds. The lowest BCUT2D eigenvalue weighted by molar-refractivity contribution is -0.122. The summed E-state index contributed by atoms with van der Waals surface area (Å²) in [5, 5.41) is 5.57. The molecule has 1 saturated heterocycles. The second kappa shape index (κ2) is 7.03. The van der Waals surface area contributed by atoms with Crippen LogP contribution in [0.15, 0.2) is 18.3 Å². The first-order chi connectivity index (χ1) is 10.1. The zero-order chi connectivity index (χ0) is 15.2. The van der Waals surface area contributed by atoms with Crippen LogP contribution in [0.3, 0.4) is 0 Å². The fraction of sp³-hybridized carbons (Fsp3) is 0.500. The summed E-state index contributed by atoms with van der Waals surface area (Å²) in [6.45, 7) is 1.98. The molecule has 7 nitrogen and oxygen atoms in total. The van der Waals surface area contributed by atoms with E-state index in [-0.39, 0.29) is 23.6 Å². The smallest absolute Gasteiger partial charge is 0.272 e. The molecule has 21 heavy (non-hydrogen) atoms. The minimum absolute atomic E-state index is 0.0127. The highest BCUT2D eigenvalue weighted by Crippen LogP contribution is 2.12. The van der Waals surface area contributed by atoms with Gasteiger partial charge in [-0.25, -0.2) is 4.98 Å². The molecule has 0 radical (unpaired) electrons. The van der Waals surface area contributed by atoms with Gasteiger partial charge >= 0.3 is 0 Å². The largest absolute Gasteiger partial charge is 0.397 e. The van der Waals surface area contributed by atoms with Crippen LogP contribution in [0.25, 0.3) is 0 Å². The summed E-state index contributed by atoms with van der Waals surface area (Å²) in [6.07, 6.45) is 3.18. The molecule has 0 saturated carbocycles. The number of carbonyl (C=O) groups excluding carboxylic acids is 2. The van der Waals surface area contributed by atoms with Crippen LogP contribution >= 0.6 is 0 Å². The molecule has 0 aromatic carbocycles. The van der Waals surface area contributed by atoms with Crippen molar-refractivity contribution < 1.29 is 9.59 Å². The Labute approximate surface area is 123 Å². The molecule has 1 aromatic rings. The first-order valence-electron chi connectivity index (χ1n) is 7.04. The average molecular weight is 291 g/mol. The van der Waals surface area contributed by atoms with Gasteiger partial charge in [0, 0.05) is 32.4 Å². The van der Waals surface area contributed by atoms with Crippen molar-refractivity contribution in [2.24, 2.45) is 0 Å². The summed E-state index contributed by atoms with van der Waals surface area (Å²) in [5.41, 5.74) is 6.39. The van der Waals surface area contributed by atoms with Crippen molar-refractivity contribution in [1.29, 1.82) is 0 Å². The van der Waals surface area contributed by atoms with E-state index < -0.39 is 0 Å². The van der Waals surface area contributed by atoms with Gasteiger partial charge in [-0.3, -0.25) is 14.5 Å². The van der Waals surface area contributed by atoms with Gasteiger partial charge in [-0.05, 0) is 25.0 Å². The standard InChI is InChI=1S/C14H21N5O2/c1-16-12(20)9-19-7-4-10(5-8-19)18-14(21)13-11(15)3-2-6-17-13/h2-3,6,10H,4-5,7-9,15H2,1H3,(H,16,20)(H,18,21). The molecule has 4 N–H and O–H groups in total. The zero-order valence-electron chi connectivity index (χ0n) is 12.1. The molecule has 1 aromatic heterocycles. The maximum Gasteiger partial charge on any atom is 0.272 e. The monoisotopic (exact) mass is 291 g/mol.